The highest BCUT2D eigenvalue weighted by atomic mass is 35.5. The molecule has 2 aromatic rings. The van der Waals surface area contributed by atoms with E-state index in [-0.39, 0.29) is 17.6 Å². The molecule has 27 heavy (non-hydrogen) atoms. The van der Waals surface area contributed by atoms with Gasteiger partial charge in [0, 0.05) is 17.0 Å². The Morgan fingerprint density at radius 3 is 2.81 bits per heavy atom. The maximum absolute atomic E-state index is 12.9. The van der Waals surface area contributed by atoms with Crippen molar-refractivity contribution in [1.82, 2.24) is 5.32 Å². The van der Waals surface area contributed by atoms with E-state index in [9.17, 15) is 4.79 Å². The van der Waals surface area contributed by atoms with Crippen molar-refractivity contribution in [2.24, 2.45) is 0 Å². The number of carbonyl (C=O) groups excluding carboxylic acids is 1. The third-order valence-electron chi connectivity index (χ3n) is 4.68. The Bertz CT molecular complexity index is 834. The fourth-order valence-corrected chi connectivity index (χ4v) is 3.57. The van der Waals surface area contributed by atoms with Crippen LogP contribution in [0.5, 0.6) is 11.5 Å². The summed E-state index contributed by atoms with van der Waals surface area (Å²) in [5, 5.41) is 3.75. The van der Waals surface area contributed by atoms with E-state index in [1.165, 1.54) is 0 Å². The predicted octanol–water partition coefficient (Wildman–Crippen LogP) is 5.22. The minimum Gasteiger partial charge on any atom is -0.487 e. The first-order chi connectivity index (χ1) is 12.8. The minimum atomic E-state index is -0.581. The third kappa shape index (κ3) is 4.75. The summed E-state index contributed by atoms with van der Waals surface area (Å²) in [6.45, 7) is 8.04. The molecule has 0 bridgehead atoms. The summed E-state index contributed by atoms with van der Waals surface area (Å²) in [6, 6.07) is 13.1. The van der Waals surface area contributed by atoms with Crippen LogP contribution in [-0.4, -0.2) is 17.6 Å². The number of hydrogen-bond acceptors (Lipinski definition) is 3. The maximum atomic E-state index is 12.9. The Hall–Kier alpha value is -2.20. The van der Waals surface area contributed by atoms with Crippen LogP contribution in [0.4, 0.5) is 0 Å². The zero-order valence-electron chi connectivity index (χ0n) is 16.2. The van der Waals surface area contributed by atoms with Gasteiger partial charge < -0.3 is 14.8 Å². The van der Waals surface area contributed by atoms with Gasteiger partial charge in [-0.05, 0) is 51.5 Å². The van der Waals surface area contributed by atoms with Crippen LogP contribution in [0.25, 0.3) is 0 Å². The Kier molecular flexibility index (Phi) is 5.66. The van der Waals surface area contributed by atoms with Crippen molar-refractivity contribution in [3.8, 4) is 11.5 Å². The highest BCUT2D eigenvalue weighted by molar-refractivity contribution is 6.30. The van der Waals surface area contributed by atoms with Gasteiger partial charge in [-0.25, -0.2) is 0 Å². The van der Waals surface area contributed by atoms with Crippen molar-refractivity contribution in [3.05, 3.63) is 58.6 Å². The van der Waals surface area contributed by atoms with E-state index >= 15 is 0 Å². The molecule has 0 aliphatic carbocycles. The molecule has 1 heterocycles. The van der Waals surface area contributed by atoms with Gasteiger partial charge in [0.05, 0.1) is 6.04 Å². The molecule has 3 rings (SSSR count). The van der Waals surface area contributed by atoms with Crippen molar-refractivity contribution in [2.75, 3.05) is 0 Å². The van der Waals surface area contributed by atoms with E-state index in [0.29, 0.717) is 23.6 Å². The van der Waals surface area contributed by atoms with Gasteiger partial charge in [-0.1, -0.05) is 42.3 Å². The smallest absolute Gasteiger partial charge is 0.261 e. The molecule has 0 radical (unpaired) electrons. The van der Waals surface area contributed by atoms with Crippen LogP contribution in [0, 0.1) is 6.92 Å². The van der Waals surface area contributed by atoms with Crippen molar-refractivity contribution in [3.63, 3.8) is 0 Å². The number of carbonyl (C=O) groups is 1. The highest BCUT2D eigenvalue weighted by Crippen LogP contribution is 2.40. The number of benzene rings is 2. The molecule has 4 nitrogen and oxygen atoms in total. The van der Waals surface area contributed by atoms with Gasteiger partial charge >= 0.3 is 0 Å². The standard InChI is InChI=1S/C22H26ClNO3/c1-5-19(26-16-8-6-7-15(23)12-16)21(25)24-18-13-22(3,4)27-20-10-9-14(2)11-17(18)20/h6-12,18-19H,5,13H2,1-4H3,(H,24,25)/t18-,19-/m1/s1. The van der Waals surface area contributed by atoms with Gasteiger partial charge in [0.15, 0.2) is 6.10 Å². The topological polar surface area (TPSA) is 47.6 Å². The van der Waals surface area contributed by atoms with E-state index in [1.54, 1.807) is 18.2 Å². The number of aryl methyl sites for hydroxylation is 1. The quantitative estimate of drug-likeness (QED) is 0.764. The summed E-state index contributed by atoms with van der Waals surface area (Å²) in [6.07, 6.45) is 0.678. The van der Waals surface area contributed by atoms with Gasteiger partial charge in [-0.2, -0.15) is 0 Å². The summed E-state index contributed by atoms with van der Waals surface area (Å²) in [4.78, 5) is 12.9. The molecule has 0 unspecified atom stereocenters. The average molecular weight is 388 g/mol. The summed E-state index contributed by atoms with van der Waals surface area (Å²) >= 11 is 6.01. The summed E-state index contributed by atoms with van der Waals surface area (Å²) in [7, 11) is 0. The van der Waals surface area contributed by atoms with Crippen LogP contribution in [0.1, 0.15) is 50.8 Å². The van der Waals surface area contributed by atoms with Gasteiger partial charge in [-0.3, -0.25) is 4.79 Å². The molecular formula is C22H26ClNO3. The fourth-order valence-electron chi connectivity index (χ4n) is 3.39. The normalized spacial score (nSPS) is 18.8. The number of fused-ring (bicyclic) bond motifs is 1. The number of nitrogens with one attached hydrogen (secondary N) is 1. The number of hydrogen-bond donors (Lipinski definition) is 1. The van der Waals surface area contributed by atoms with E-state index in [4.69, 9.17) is 21.1 Å². The fraction of sp³-hybridized carbons (Fsp3) is 0.409. The molecule has 1 amide bonds. The third-order valence-corrected chi connectivity index (χ3v) is 4.91. The molecule has 1 aliphatic heterocycles. The van der Waals surface area contributed by atoms with Crippen molar-refractivity contribution < 1.29 is 14.3 Å². The summed E-state index contributed by atoms with van der Waals surface area (Å²) in [5.41, 5.74) is 1.80. The number of ether oxygens (including phenoxy) is 2. The molecular weight excluding hydrogens is 362 g/mol. The SMILES string of the molecule is CC[C@@H](Oc1cccc(Cl)c1)C(=O)N[C@@H]1CC(C)(C)Oc2ccc(C)cc21. The molecule has 5 heteroatoms. The lowest BCUT2D eigenvalue weighted by atomic mass is 9.88. The van der Waals surface area contributed by atoms with E-state index < -0.39 is 6.10 Å². The molecule has 1 aliphatic rings. The molecule has 0 spiro atoms. The second-order valence-corrected chi connectivity index (χ2v) is 8.08. The van der Waals surface area contributed by atoms with Crippen LogP contribution < -0.4 is 14.8 Å². The summed E-state index contributed by atoms with van der Waals surface area (Å²) < 4.78 is 12.0. The second-order valence-electron chi connectivity index (χ2n) is 7.64. The molecule has 2 atom stereocenters. The Morgan fingerprint density at radius 1 is 1.33 bits per heavy atom. The van der Waals surface area contributed by atoms with Crippen LogP contribution in [0.15, 0.2) is 42.5 Å². The number of amides is 1. The zero-order chi connectivity index (χ0) is 19.6. The van der Waals surface area contributed by atoms with Gasteiger partial charge in [0.2, 0.25) is 0 Å². The van der Waals surface area contributed by atoms with Crippen molar-refractivity contribution in [2.45, 2.75) is 58.3 Å². The molecule has 0 saturated carbocycles. The van der Waals surface area contributed by atoms with E-state index in [0.717, 1.165) is 16.9 Å². The first kappa shape index (κ1) is 19.6. The lowest BCUT2D eigenvalue weighted by Crippen LogP contribution is -2.45. The molecule has 0 aromatic heterocycles. The van der Waals surface area contributed by atoms with Crippen LogP contribution in [-0.2, 0) is 4.79 Å². The van der Waals surface area contributed by atoms with Gasteiger partial charge in [0.25, 0.3) is 5.91 Å². The molecule has 144 valence electrons. The molecule has 2 aromatic carbocycles. The molecule has 0 fully saturated rings. The minimum absolute atomic E-state index is 0.117. The van der Waals surface area contributed by atoms with Crippen molar-refractivity contribution in [1.29, 1.82) is 0 Å². The molecule has 1 N–H and O–H groups in total. The first-order valence-corrected chi connectivity index (χ1v) is 9.67. The maximum Gasteiger partial charge on any atom is 0.261 e. The zero-order valence-corrected chi connectivity index (χ0v) is 17.0. The Balaban J connectivity index is 1.78. The van der Waals surface area contributed by atoms with Gasteiger partial charge in [0.1, 0.15) is 17.1 Å². The van der Waals surface area contributed by atoms with Crippen LogP contribution in [0.2, 0.25) is 5.02 Å². The Labute approximate surface area is 165 Å². The number of rotatable bonds is 5. The highest BCUT2D eigenvalue weighted by Gasteiger charge is 2.35. The average Bonchev–Trinajstić information content (AvgIpc) is 2.59. The summed E-state index contributed by atoms with van der Waals surface area (Å²) in [5.74, 6) is 1.28. The first-order valence-electron chi connectivity index (χ1n) is 9.29. The van der Waals surface area contributed by atoms with Crippen molar-refractivity contribution >= 4 is 17.5 Å². The lowest BCUT2D eigenvalue weighted by Gasteiger charge is -2.38. The Morgan fingerprint density at radius 2 is 2.11 bits per heavy atom. The largest absolute Gasteiger partial charge is 0.487 e. The molecule has 0 saturated heterocycles. The number of halogens is 1. The van der Waals surface area contributed by atoms with E-state index in [2.05, 4.69) is 11.4 Å². The van der Waals surface area contributed by atoms with Gasteiger partial charge in [-0.15, -0.1) is 0 Å². The second kappa shape index (κ2) is 7.81. The lowest BCUT2D eigenvalue weighted by molar-refractivity contribution is -0.129. The monoisotopic (exact) mass is 387 g/mol. The van der Waals surface area contributed by atoms with Crippen LogP contribution in [0.3, 0.4) is 0 Å². The predicted molar refractivity (Wildman–Crippen MR) is 108 cm³/mol. The van der Waals surface area contributed by atoms with E-state index in [1.807, 2.05) is 45.9 Å². The van der Waals surface area contributed by atoms with Crippen LogP contribution >= 0.6 is 11.6 Å².